The number of rotatable bonds is 0. The predicted octanol–water partition coefficient (Wildman–Crippen LogP) is 0.839. The molecule has 2 amide bonds. The molecule has 16 heavy (non-hydrogen) atoms. The van der Waals surface area contributed by atoms with Crippen LogP contribution in [-0.2, 0) is 0 Å². The summed E-state index contributed by atoms with van der Waals surface area (Å²) in [7, 11) is 0. The highest BCUT2D eigenvalue weighted by atomic mass is 32.2. The molecule has 0 saturated carbocycles. The van der Waals surface area contributed by atoms with E-state index in [-0.39, 0.29) is 10.8 Å². The monoisotopic (exact) mass is 243 g/mol. The molecule has 0 unspecified atom stereocenters. The molecule has 0 aromatic carbocycles. The number of nitrogens with zero attached hydrogens (tertiary/aromatic N) is 2. The van der Waals surface area contributed by atoms with Crippen LogP contribution in [0.2, 0.25) is 0 Å². The number of hydrogen-bond donors (Lipinski definition) is 1. The van der Waals surface area contributed by atoms with Crippen LogP contribution in [0.4, 0.5) is 4.79 Å². The predicted molar refractivity (Wildman–Crippen MR) is 67.9 cm³/mol. The van der Waals surface area contributed by atoms with E-state index in [9.17, 15) is 4.79 Å². The van der Waals surface area contributed by atoms with E-state index in [0.29, 0.717) is 0 Å². The molecule has 2 rings (SSSR count). The van der Waals surface area contributed by atoms with Crippen LogP contribution < -0.4 is 5.32 Å². The summed E-state index contributed by atoms with van der Waals surface area (Å²) < 4.78 is 0.210. The average Bonchev–Trinajstić information content (AvgIpc) is 2.28. The minimum absolute atomic E-state index is 0.210. The Morgan fingerprint density at radius 2 is 1.88 bits per heavy atom. The fraction of sp³-hybridized carbons (Fsp3) is 0.909. The van der Waals surface area contributed by atoms with E-state index in [2.05, 4.69) is 19.2 Å². The highest BCUT2D eigenvalue weighted by molar-refractivity contribution is 8.00. The van der Waals surface area contributed by atoms with Crippen molar-refractivity contribution in [1.82, 2.24) is 15.1 Å². The van der Waals surface area contributed by atoms with Crippen molar-refractivity contribution in [3.8, 4) is 0 Å². The highest BCUT2D eigenvalue weighted by Crippen LogP contribution is 2.29. The molecule has 2 saturated heterocycles. The van der Waals surface area contributed by atoms with Gasteiger partial charge in [0.05, 0.1) is 0 Å². The first-order valence-corrected chi connectivity index (χ1v) is 6.96. The molecule has 0 aliphatic carbocycles. The number of carbonyl (C=O) groups is 1. The quantitative estimate of drug-likeness (QED) is 0.685. The maximum Gasteiger partial charge on any atom is 0.320 e. The lowest BCUT2D eigenvalue weighted by Crippen LogP contribution is -2.55. The molecule has 0 radical (unpaired) electrons. The number of piperazine rings is 1. The Morgan fingerprint density at radius 3 is 2.50 bits per heavy atom. The van der Waals surface area contributed by atoms with E-state index in [1.807, 2.05) is 21.6 Å². The molecule has 92 valence electrons. The van der Waals surface area contributed by atoms with Crippen molar-refractivity contribution in [2.45, 2.75) is 18.6 Å². The van der Waals surface area contributed by atoms with Gasteiger partial charge in [0.2, 0.25) is 0 Å². The van der Waals surface area contributed by atoms with Gasteiger partial charge in [-0.05, 0) is 13.8 Å². The SMILES string of the molecule is CC1(C)CN(C(=O)N2CCNCC2)CCS1. The van der Waals surface area contributed by atoms with Crippen LogP contribution in [0.15, 0.2) is 0 Å². The largest absolute Gasteiger partial charge is 0.322 e. The second-order valence-electron chi connectivity index (χ2n) is 5.05. The first-order valence-electron chi connectivity index (χ1n) is 5.97. The van der Waals surface area contributed by atoms with Gasteiger partial charge in [0.1, 0.15) is 0 Å². The Balaban J connectivity index is 1.93. The van der Waals surface area contributed by atoms with Crippen LogP contribution >= 0.6 is 11.8 Å². The van der Waals surface area contributed by atoms with Gasteiger partial charge in [0.15, 0.2) is 0 Å². The number of carbonyl (C=O) groups excluding carboxylic acids is 1. The topological polar surface area (TPSA) is 35.6 Å². The number of thioether (sulfide) groups is 1. The Labute approximate surface area is 102 Å². The second kappa shape index (κ2) is 4.84. The fourth-order valence-corrected chi connectivity index (χ4v) is 3.35. The van der Waals surface area contributed by atoms with Crippen LogP contribution in [-0.4, -0.2) is 65.6 Å². The minimum Gasteiger partial charge on any atom is -0.322 e. The van der Waals surface area contributed by atoms with Crippen molar-refractivity contribution >= 4 is 17.8 Å². The standard InChI is InChI=1S/C11H21N3OS/c1-11(2)9-14(7-8-16-11)10(15)13-5-3-12-4-6-13/h12H,3-9H2,1-2H3. The zero-order valence-electron chi connectivity index (χ0n) is 10.2. The van der Waals surface area contributed by atoms with Crippen molar-refractivity contribution in [3.05, 3.63) is 0 Å². The van der Waals surface area contributed by atoms with Gasteiger partial charge in [-0.1, -0.05) is 0 Å². The van der Waals surface area contributed by atoms with Crippen molar-refractivity contribution in [1.29, 1.82) is 0 Å². The lowest BCUT2D eigenvalue weighted by atomic mass is 10.2. The number of amides is 2. The third-order valence-corrected chi connectivity index (χ3v) is 4.38. The molecule has 0 atom stereocenters. The van der Waals surface area contributed by atoms with Gasteiger partial charge in [-0.2, -0.15) is 11.8 Å². The van der Waals surface area contributed by atoms with Crippen LogP contribution in [0.1, 0.15) is 13.8 Å². The summed E-state index contributed by atoms with van der Waals surface area (Å²) >= 11 is 1.96. The van der Waals surface area contributed by atoms with Gasteiger partial charge in [0, 0.05) is 49.8 Å². The third-order valence-electron chi connectivity index (χ3n) is 3.08. The molecule has 0 spiro atoms. The first-order chi connectivity index (χ1) is 7.58. The molecule has 0 aromatic heterocycles. The van der Waals surface area contributed by atoms with E-state index in [1.165, 1.54) is 0 Å². The van der Waals surface area contributed by atoms with E-state index in [0.717, 1.165) is 45.0 Å². The smallest absolute Gasteiger partial charge is 0.320 e. The van der Waals surface area contributed by atoms with Crippen molar-refractivity contribution in [2.24, 2.45) is 0 Å². The summed E-state index contributed by atoms with van der Waals surface area (Å²) in [6, 6.07) is 0.231. The lowest BCUT2D eigenvalue weighted by Gasteiger charge is -2.40. The van der Waals surface area contributed by atoms with E-state index < -0.39 is 0 Å². The second-order valence-corrected chi connectivity index (χ2v) is 6.85. The van der Waals surface area contributed by atoms with Crippen molar-refractivity contribution in [3.63, 3.8) is 0 Å². The van der Waals surface area contributed by atoms with E-state index in [1.54, 1.807) is 0 Å². The molecule has 2 heterocycles. The normalized spacial score (nSPS) is 25.6. The summed E-state index contributed by atoms with van der Waals surface area (Å²) in [5, 5.41) is 3.27. The van der Waals surface area contributed by atoms with Crippen LogP contribution in [0.25, 0.3) is 0 Å². The molecule has 0 aromatic rings. The Kier molecular flexibility index (Phi) is 3.64. The summed E-state index contributed by atoms with van der Waals surface area (Å²) in [6.07, 6.45) is 0. The van der Waals surface area contributed by atoms with Gasteiger partial charge in [-0.3, -0.25) is 0 Å². The molecule has 2 fully saturated rings. The molecule has 5 heteroatoms. The van der Waals surface area contributed by atoms with Crippen molar-refractivity contribution < 1.29 is 4.79 Å². The molecule has 2 aliphatic heterocycles. The molecule has 1 N–H and O–H groups in total. The average molecular weight is 243 g/mol. The van der Waals surface area contributed by atoms with E-state index in [4.69, 9.17) is 0 Å². The van der Waals surface area contributed by atoms with Crippen molar-refractivity contribution in [2.75, 3.05) is 45.0 Å². The third kappa shape index (κ3) is 2.83. The number of urea groups is 1. The summed E-state index contributed by atoms with van der Waals surface area (Å²) in [5.74, 6) is 1.06. The minimum atomic E-state index is 0.210. The first kappa shape index (κ1) is 12.0. The molecule has 0 bridgehead atoms. The lowest BCUT2D eigenvalue weighted by molar-refractivity contribution is 0.144. The molecular weight excluding hydrogens is 222 g/mol. The maximum absolute atomic E-state index is 12.3. The van der Waals surface area contributed by atoms with Gasteiger partial charge < -0.3 is 15.1 Å². The Bertz CT molecular complexity index is 264. The summed E-state index contributed by atoms with van der Waals surface area (Å²) in [6.45, 7) is 9.77. The Morgan fingerprint density at radius 1 is 1.19 bits per heavy atom. The molecular formula is C11H21N3OS. The van der Waals surface area contributed by atoms with E-state index >= 15 is 0 Å². The van der Waals surface area contributed by atoms with Gasteiger partial charge in [-0.25, -0.2) is 4.79 Å². The van der Waals surface area contributed by atoms with Gasteiger partial charge >= 0.3 is 6.03 Å². The number of nitrogens with one attached hydrogen (secondary N) is 1. The maximum atomic E-state index is 12.3. The zero-order valence-corrected chi connectivity index (χ0v) is 11.0. The zero-order chi connectivity index (χ0) is 11.6. The highest BCUT2D eigenvalue weighted by Gasteiger charge is 2.32. The molecule has 2 aliphatic rings. The summed E-state index contributed by atoms with van der Waals surface area (Å²) in [4.78, 5) is 16.2. The number of hydrogen-bond acceptors (Lipinski definition) is 3. The summed E-state index contributed by atoms with van der Waals surface area (Å²) in [5.41, 5.74) is 0. The van der Waals surface area contributed by atoms with Crippen LogP contribution in [0, 0.1) is 0 Å². The van der Waals surface area contributed by atoms with Crippen LogP contribution in [0.5, 0.6) is 0 Å². The molecule has 4 nitrogen and oxygen atoms in total. The Hall–Kier alpha value is -0.420. The van der Waals surface area contributed by atoms with Gasteiger partial charge in [0.25, 0.3) is 0 Å². The fourth-order valence-electron chi connectivity index (χ4n) is 2.24. The van der Waals surface area contributed by atoms with Crippen LogP contribution in [0.3, 0.4) is 0 Å². The van der Waals surface area contributed by atoms with Gasteiger partial charge in [-0.15, -0.1) is 0 Å².